The predicted octanol–water partition coefficient (Wildman–Crippen LogP) is -0.127. The van der Waals surface area contributed by atoms with Crippen LogP contribution in [0.1, 0.15) is 13.8 Å². The van der Waals surface area contributed by atoms with E-state index in [0.29, 0.717) is 13.1 Å². The molecule has 1 heterocycles. The van der Waals surface area contributed by atoms with Crippen LogP contribution in [0.25, 0.3) is 0 Å². The number of carbonyl (C=O) groups excluding carboxylic acids is 2. The number of nitrogens with one attached hydrogen (secondary N) is 2. The Hall–Kier alpha value is -2.02. The summed E-state index contributed by atoms with van der Waals surface area (Å²) in [6.07, 6.45) is 2.97. The van der Waals surface area contributed by atoms with Gasteiger partial charge in [0.15, 0.2) is 0 Å². The molecule has 7 heteroatoms. The predicted molar refractivity (Wildman–Crippen MR) is 71.5 cm³/mol. The number of aromatic nitrogens is 2. The lowest BCUT2D eigenvalue weighted by atomic mass is 10.4. The zero-order valence-electron chi connectivity index (χ0n) is 11.2. The molecule has 0 saturated heterocycles. The van der Waals surface area contributed by atoms with Crippen molar-refractivity contribution in [2.45, 2.75) is 13.8 Å². The first-order valence-corrected chi connectivity index (χ1v) is 6.25. The third-order valence-corrected chi connectivity index (χ3v) is 2.61. The lowest BCUT2D eigenvalue weighted by Crippen LogP contribution is -2.40. The molecular weight excluding hydrogens is 246 g/mol. The van der Waals surface area contributed by atoms with Crippen LogP contribution >= 0.6 is 0 Å². The molecule has 0 aliphatic rings. The Kier molecular flexibility index (Phi) is 6.45. The molecule has 0 atom stereocenters. The molecule has 0 saturated carbocycles. The molecule has 0 aliphatic heterocycles. The minimum absolute atomic E-state index is 0.117. The fraction of sp³-hybridized carbons (Fsp3) is 0.500. The first kappa shape index (κ1) is 15.0. The number of hydrogen-bond donors (Lipinski definition) is 2. The monoisotopic (exact) mass is 265 g/mol. The number of hydrogen-bond acceptors (Lipinski definition) is 5. The highest BCUT2D eigenvalue weighted by Gasteiger charge is 2.14. The molecule has 1 rings (SSSR count). The van der Waals surface area contributed by atoms with Crippen molar-refractivity contribution in [3.05, 3.63) is 18.5 Å². The summed E-state index contributed by atoms with van der Waals surface area (Å²) >= 11 is 0. The Balaban J connectivity index is 2.31. The molecule has 7 nitrogen and oxygen atoms in total. The lowest BCUT2D eigenvalue weighted by molar-refractivity contribution is -0.136. The minimum atomic E-state index is -0.759. The molecule has 1 aromatic heterocycles. The van der Waals surface area contributed by atoms with E-state index in [4.69, 9.17) is 0 Å². The molecule has 0 unspecified atom stereocenters. The van der Waals surface area contributed by atoms with E-state index < -0.39 is 11.8 Å². The number of nitrogens with zero attached hydrogens (tertiary/aromatic N) is 3. The van der Waals surface area contributed by atoms with Crippen LogP contribution in [0.5, 0.6) is 0 Å². The van der Waals surface area contributed by atoms with Gasteiger partial charge in [-0.1, -0.05) is 13.8 Å². The molecule has 0 aliphatic carbocycles. The molecular formula is C12H19N5O2. The third-order valence-electron chi connectivity index (χ3n) is 2.61. The van der Waals surface area contributed by atoms with Crippen LogP contribution in [0.4, 0.5) is 5.95 Å². The van der Waals surface area contributed by atoms with Gasteiger partial charge in [0.05, 0.1) is 0 Å². The normalized spacial score (nSPS) is 10.3. The number of carbonyl (C=O) groups is 2. The average molecular weight is 265 g/mol. The third kappa shape index (κ3) is 5.43. The largest absolute Gasteiger partial charge is 0.347 e. The summed E-state index contributed by atoms with van der Waals surface area (Å²) in [5.41, 5.74) is 0. The second-order valence-electron chi connectivity index (χ2n) is 3.81. The first-order chi connectivity index (χ1) is 9.17. The quantitative estimate of drug-likeness (QED) is 0.700. The van der Waals surface area contributed by atoms with Gasteiger partial charge in [-0.2, -0.15) is 0 Å². The Morgan fingerprint density at radius 3 is 2.37 bits per heavy atom. The fourth-order valence-electron chi connectivity index (χ4n) is 1.47. The molecule has 2 amide bonds. The summed E-state index contributed by atoms with van der Waals surface area (Å²) in [5, 5.41) is 4.87. The highest BCUT2D eigenvalue weighted by molar-refractivity contribution is 6.39. The molecule has 104 valence electrons. The van der Waals surface area contributed by atoms with Gasteiger partial charge < -0.3 is 10.2 Å². The average Bonchev–Trinajstić information content (AvgIpc) is 2.44. The van der Waals surface area contributed by atoms with E-state index in [0.717, 1.165) is 13.1 Å². The van der Waals surface area contributed by atoms with Crippen molar-refractivity contribution < 1.29 is 9.59 Å². The van der Waals surface area contributed by atoms with E-state index >= 15 is 0 Å². The van der Waals surface area contributed by atoms with E-state index in [2.05, 4.69) is 25.5 Å². The Labute approximate surface area is 112 Å². The number of anilines is 1. The van der Waals surface area contributed by atoms with Gasteiger partial charge in [-0.3, -0.25) is 14.9 Å². The second kappa shape index (κ2) is 8.15. The Morgan fingerprint density at radius 2 is 1.79 bits per heavy atom. The minimum Gasteiger partial charge on any atom is -0.347 e. The van der Waals surface area contributed by atoms with E-state index in [-0.39, 0.29) is 5.95 Å². The fourth-order valence-corrected chi connectivity index (χ4v) is 1.47. The van der Waals surface area contributed by atoms with Gasteiger partial charge in [-0.05, 0) is 19.2 Å². The van der Waals surface area contributed by atoms with Crippen molar-refractivity contribution in [2.24, 2.45) is 0 Å². The summed E-state index contributed by atoms with van der Waals surface area (Å²) in [6, 6.07) is 1.62. The number of rotatable bonds is 6. The maximum atomic E-state index is 11.5. The first-order valence-electron chi connectivity index (χ1n) is 6.25. The molecule has 0 spiro atoms. The molecule has 2 N–H and O–H groups in total. The molecule has 0 fully saturated rings. The van der Waals surface area contributed by atoms with Crippen LogP contribution in [0, 0.1) is 0 Å². The van der Waals surface area contributed by atoms with Crippen molar-refractivity contribution in [1.29, 1.82) is 0 Å². The van der Waals surface area contributed by atoms with Crippen molar-refractivity contribution in [2.75, 3.05) is 31.5 Å². The van der Waals surface area contributed by atoms with Crippen LogP contribution in [0.15, 0.2) is 18.5 Å². The van der Waals surface area contributed by atoms with Crippen molar-refractivity contribution in [1.82, 2.24) is 20.2 Å². The SMILES string of the molecule is CCN(CC)CCNC(=O)C(=O)Nc1ncccn1. The van der Waals surface area contributed by atoms with Gasteiger partial charge in [-0.25, -0.2) is 9.97 Å². The maximum Gasteiger partial charge on any atom is 0.316 e. The van der Waals surface area contributed by atoms with Gasteiger partial charge in [-0.15, -0.1) is 0 Å². The topological polar surface area (TPSA) is 87.2 Å². The summed E-state index contributed by atoms with van der Waals surface area (Å²) < 4.78 is 0. The zero-order chi connectivity index (χ0) is 14.1. The highest BCUT2D eigenvalue weighted by atomic mass is 16.2. The Morgan fingerprint density at radius 1 is 1.16 bits per heavy atom. The van der Waals surface area contributed by atoms with Crippen molar-refractivity contribution in [3.63, 3.8) is 0 Å². The molecule has 1 aromatic rings. The van der Waals surface area contributed by atoms with Gasteiger partial charge in [0.25, 0.3) is 0 Å². The molecule has 0 bridgehead atoms. The summed E-state index contributed by atoms with van der Waals surface area (Å²) in [6.45, 7) is 7.07. The lowest BCUT2D eigenvalue weighted by Gasteiger charge is -2.17. The van der Waals surface area contributed by atoms with Crippen LogP contribution < -0.4 is 10.6 Å². The highest BCUT2D eigenvalue weighted by Crippen LogP contribution is 1.93. The summed E-state index contributed by atoms with van der Waals surface area (Å²) in [4.78, 5) is 32.8. The standard InChI is InChI=1S/C12H19N5O2/c1-3-17(4-2)9-8-13-10(18)11(19)16-12-14-6-5-7-15-12/h5-7H,3-4,8-9H2,1-2H3,(H,13,18)(H,14,15,16,19). The zero-order valence-corrected chi connectivity index (χ0v) is 11.2. The summed E-state index contributed by atoms with van der Waals surface area (Å²) in [7, 11) is 0. The molecule has 19 heavy (non-hydrogen) atoms. The number of likely N-dealkylation sites (N-methyl/N-ethyl adjacent to an activating group) is 1. The van der Waals surface area contributed by atoms with Crippen LogP contribution in [0.3, 0.4) is 0 Å². The van der Waals surface area contributed by atoms with Gasteiger partial charge in [0.1, 0.15) is 0 Å². The molecule has 0 radical (unpaired) electrons. The van der Waals surface area contributed by atoms with E-state index in [9.17, 15) is 9.59 Å². The van der Waals surface area contributed by atoms with E-state index in [1.165, 1.54) is 12.4 Å². The number of amides is 2. The van der Waals surface area contributed by atoms with Crippen LogP contribution in [0.2, 0.25) is 0 Å². The molecule has 0 aromatic carbocycles. The van der Waals surface area contributed by atoms with Crippen LogP contribution in [-0.2, 0) is 9.59 Å². The van der Waals surface area contributed by atoms with E-state index in [1.54, 1.807) is 6.07 Å². The van der Waals surface area contributed by atoms with Gasteiger partial charge in [0.2, 0.25) is 5.95 Å². The Bertz CT molecular complexity index is 406. The van der Waals surface area contributed by atoms with E-state index in [1.807, 2.05) is 13.8 Å². The van der Waals surface area contributed by atoms with Crippen molar-refractivity contribution in [3.8, 4) is 0 Å². The van der Waals surface area contributed by atoms with Gasteiger partial charge in [0, 0.05) is 25.5 Å². The summed E-state index contributed by atoms with van der Waals surface area (Å²) in [5.74, 6) is -1.32. The second-order valence-corrected chi connectivity index (χ2v) is 3.81. The van der Waals surface area contributed by atoms with Crippen LogP contribution in [-0.4, -0.2) is 52.9 Å². The van der Waals surface area contributed by atoms with Gasteiger partial charge >= 0.3 is 11.8 Å². The smallest absolute Gasteiger partial charge is 0.316 e. The van der Waals surface area contributed by atoms with Crippen molar-refractivity contribution >= 4 is 17.8 Å². The maximum absolute atomic E-state index is 11.5.